The summed E-state index contributed by atoms with van der Waals surface area (Å²) in [5.41, 5.74) is 2.21. The van der Waals surface area contributed by atoms with Gasteiger partial charge in [0.25, 0.3) is 0 Å². The molecule has 0 bridgehead atoms. The third-order valence-electron chi connectivity index (χ3n) is 2.82. The van der Waals surface area contributed by atoms with Crippen molar-refractivity contribution in [3.63, 3.8) is 0 Å². The summed E-state index contributed by atoms with van der Waals surface area (Å²) >= 11 is 0. The van der Waals surface area contributed by atoms with Crippen LogP contribution in [0, 0.1) is 0 Å². The summed E-state index contributed by atoms with van der Waals surface area (Å²) in [7, 11) is 3.29. The molecule has 5 heteroatoms. The second kappa shape index (κ2) is 6.15. The Hall–Kier alpha value is -2.14. The largest absolute Gasteiger partial charge is 0.468 e. The van der Waals surface area contributed by atoms with Crippen LogP contribution in [0.15, 0.2) is 43.0 Å². The van der Waals surface area contributed by atoms with Crippen LogP contribution >= 0.6 is 0 Å². The van der Waals surface area contributed by atoms with Crippen LogP contribution in [-0.4, -0.2) is 41.1 Å². The van der Waals surface area contributed by atoms with Gasteiger partial charge in [-0.25, -0.2) is 4.98 Å². The number of ether oxygens (including phenoxy) is 1. The van der Waals surface area contributed by atoms with Crippen molar-refractivity contribution >= 4 is 5.97 Å². The van der Waals surface area contributed by atoms with E-state index in [9.17, 15) is 4.79 Å². The SMILES string of the molecule is COC(=O)CN(C)Cc1ccc(-n2ccnc2)cc1. The Balaban J connectivity index is 1.97. The number of nitrogens with zero attached hydrogens (tertiary/aromatic N) is 3. The van der Waals surface area contributed by atoms with Crippen LogP contribution < -0.4 is 0 Å². The summed E-state index contributed by atoms with van der Waals surface area (Å²) in [6, 6.07) is 8.15. The molecule has 0 amide bonds. The molecular formula is C14H17N3O2. The smallest absolute Gasteiger partial charge is 0.319 e. The summed E-state index contributed by atoms with van der Waals surface area (Å²) in [5, 5.41) is 0. The Kier molecular flexibility index (Phi) is 4.30. The van der Waals surface area contributed by atoms with E-state index in [0.29, 0.717) is 13.1 Å². The first-order chi connectivity index (χ1) is 9.19. The number of carbonyl (C=O) groups is 1. The van der Waals surface area contributed by atoms with Gasteiger partial charge in [-0.05, 0) is 24.7 Å². The van der Waals surface area contributed by atoms with Gasteiger partial charge in [0, 0.05) is 24.6 Å². The van der Waals surface area contributed by atoms with Gasteiger partial charge in [0.15, 0.2) is 0 Å². The number of imidazole rings is 1. The minimum absolute atomic E-state index is 0.225. The van der Waals surface area contributed by atoms with E-state index in [1.807, 2.05) is 47.0 Å². The zero-order valence-corrected chi connectivity index (χ0v) is 11.1. The standard InChI is InChI=1S/C14H17N3O2/c1-16(10-14(18)19-2)9-12-3-5-13(6-4-12)17-8-7-15-11-17/h3-8,11H,9-10H2,1-2H3. The van der Waals surface area contributed by atoms with Crippen molar-refractivity contribution in [1.82, 2.24) is 14.5 Å². The fourth-order valence-electron chi connectivity index (χ4n) is 1.84. The first-order valence-corrected chi connectivity index (χ1v) is 6.01. The molecule has 0 spiro atoms. The van der Waals surface area contributed by atoms with Gasteiger partial charge < -0.3 is 9.30 Å². The second-order valence-electron chi connectivity index (χ2n) is 4.38. The average Bonchev–Trinajstić information content (AvgIpc) is 2.93. The summed E-state index contributed by atoms with van der Waals surface area (Å²) < 4.78 is 6.58. The van der Waals surface area contributed by atoms with Crippen LogP contribution in [0.3, 0.4) is 0 Å². The van der Waals surface area contributed by atoms with Crippen molar-refractivity contribution in [2.24, 2.45) is 0 Å². The topological polar surface area (TPSA) is 47.4 Å². The number of carbonyl (C=O) groups excluding carboxylic acids is 1. The predicted molar refractivity (Wildman–Crippen MR) is 71.9 cm³/mol. The number of aromatic nitrogens is 2. The van der Waals surface area contributed by atoms with Crippen LogP contribution in [0.5, 0.6) is 0 Å². The molecule has 1 heterocycles. The highest BCUT2D eigenvalue weighted by Crippen LogP contribution is 2.10. The molecular weight excluding hydrogens is 242 g/mol. The van der Waals surface area contributed by atoms with E-state index in [0.717, 1.165) is 11.3 Å². The summed E-state index contributed by atoms with van der Waals surface area (Å²) in [6.07, 6.45) is 5.41. The molecule has 5 nitrogen and oxygen atoms in total. The molecule has 0 saturated carbocycles. The minimum atomic E-state index is -0.225. The van der Waals surface area contributed by atoms with Gasteiger partial charge in [0.05, 0.1) is 20.0 Å². The van der Waals surface area contributed by atoms with E-state index in [4.69, 9.17) is 0 Å². The Morgan fingerprint density at radius 2 is 2.11 bits per heavy atom. The molecule has 100 valence electrons. The molecule has 0 aliphatic rings. The van der Waals surface area contributed by atoms with Crippen molar-refractivity contribution < 1.29 is 9.53 Å². The maximum absolute atomic E-state index is 11.1. The van der Waals surface area contributed by atoms with Crippen molar-refractivity contribution in [2.75, 3.05) is 20.7 Å². The predicted octanol–water partition coefficient (Wildman–Crippen LogP) is 1.48. The molecule has 0 unspecified atom stereocenters. The van der Waals surface area contributed by atoms with E-state index in [-0.39, 0.29) is 5.97 Å². The van der Waals surface area contributed by atoms with Crippen molar-refractivity contribution in [2.45, 2.75) is 6.54 Å². The fourth-order valence-corrected chi connectivity index (χ4v) is 1.84. The average molecular weight is 259 g/mol. The Morgan fingerprint density at radius 3 is 2.68 bits per heavy atom. The maximum atomic E-state index is 11.1. The van der Waals surface area contributed by atoms with E-state index < -0.39 is 0 Å². The molecule has 0 radical (unpaired) electrons. The van der Waals surface area contributed by atoms with Gasteiger partial charge in [0.1, 0.15) is 0 Å². The van der Waals surface area contributed by atoms with Crippen LogP contribution in [0.4, 0.5) is 0 Å². The van der Waals surface area contributed by atoms with Crippen molar-refractivity contribution in [3.8, 4) is 5.69 Å². The van der Waals surface area contributed by atoms with Crippen LogP contribution in [-0.2, 0) is 16.1 Å². The summed E-state index contributed by atoms with van der Waals surface area (Å²) in [5.74, 6) is -0.225. The van der Waals surface area contributed by atoms with Gasteiger partial charge in [-0.3, -0.25) is 9.69 Å². The second-order valence-corrected chi connectivity index (χ2v) is 4.38. The number of hydrogen-bond acceptors (Lipinski definition) is 4. The third kappa shape index (κ3) is 3.66. The molecule has 0 aliphatic heterocycles. The maximum Gasteiger partial charge on any atom is 0.319 e. The highest BCUT2D eigenvalue weighted by atomic mass is 16.5. The normalized spacial score (nSPS) is 10.7. The summed E-state index contributed by atoms with van der Waals surface area (Å²) in [6.45, 7) is 0.999. The lowest BCUT2D eigenvalue weighted by Crippen LogP contribution is -2.26. The molecule has 0 saturated heterocycles. The molecule has 0 atom stereocenters. The zero-order valence-electron chi connectivity index (χ0n) is 11.1. The third-order valence-corrected chi connectivity index (χ3v) is 2.82. The van der Waals surface area contributed by atoms with E-state index in [2.05, 4.69) is 9.72 Å². The Labute approximate surface area is 112 Å². The number of benzene rings is 1. The molecule has 1 aromatic heterocycles. The lowest BCUT2D eigenvalue weighted by molar-refractivity contribution is -0.141. The van der Waals surface area contributed by atoms with Crippen LogP contribution in [0.2, 0.25) is 0 Å². The quantitative estimate of drug-likeness (QED) is 0.763. The molecule has 19 heavy (non-hydrogen) atoms. The summed E-state index contributed by atoms with van der Waals surface area (Å²) in [4.78, 5) is 17.1. The number of hydrogen-bond donors (Lipinski definition) is 0. The number of likely N-dealkylation sites (N-methyl/N-ethyl adjacent to an activating group) is 1. The number of rotatable bonds is 5. The Morgan fingerprint density at radius 1 is 1.37 bits per heavy atom. The van der Waals surface area contributed by atoms with E-state index >= 15 is 0 Å². The van der Waals surface area contributed by atoms with Gasteiger partial charge >= 0.3 is 5.97 Å². The number of methoxy groups -OCH3 is 1. The van der Waals surface area contributed by atoms with Crippen LogP contribution in [0.1, 0.15) is 5.56 Å². The Bertz CT molecular complexity index is 520. The van der Waals surface area contributed by atoms with Crippen molar-refractivity contribution in [3.05, 3.63) is 48.5 Å². The molecule has 0 aliphatic carbocycles. The van der Waals surface area contributed by atoms with Gasteiger partial charge in [-0.15, -0.1) is 0 Å². The lowest BCUT2D eigenvalue weighted by Gasteiger charge is -2.15. The molecule has 1 aromatic carbocycles. The molecule has 0 fully saturated rings. The zero-order chi connectivity index (χ0) is 13.7. The molecule has 0 N–H and O–H groups in total. The monoisotopic (exact) mass is 259 g/mol. The highest BCUT2D eigenvalue weighted by Gasteiger charge is 2.06. The van der Waals surface area contributed by atoms with Gasteiger partial charge in [-0.1, -0.05) is 12.1 Å². The first kappa shape index (κ1) is 13.3. The molecule has 2 aromatic rings. The molecule has 2 rings (SSSR count). The lowest BCUT2D eigenvalue weighted by atomic mass is 10.2. The van der Waals surface area contributed by atoms with Crippen molar-refractivity contribution in [1.29, 1.82) is 0 Å². The first-order valence-electron chi connectivity index (χ1n) is 6.01. The van der Waals surface area contributed by atoms with Crippen LogP contribution in [0.25, 0.3) is 5.69 Å². The van der Waals surface area contributed by atoms with E-state index in [1.165, 1.54) is 7.11 Å². The highest BCUT2D eigenvalue weighted by molar-refractivity contribution is 5.71. The van der Waals surface area contributed by atoms with Gasteiger partial charge in [-0.2, -0.15) is 0 Å². The fraction of sp³-hybridized carbons (Fsp3) is 0.286. The number of esters is 1. The minimum Gasteiger partial charge on any atom is -0.468 e. The van der Waals surface area contributed by atoms with Gasteiger partial charge in [0.2, 0.25) is 0 Å². The van der Waals surface area contributed by atoms with E-state index in [1.54, 1.807) is 12.5 Å².